The lowest BCUT2D eigenvalue weighted by atomic mass is 10.2. The minimum Gasteiger partial charge on any atom is -0.484 e. The molecule has 0 saturated heterocycles. The molecule has 0 saturated carbocycles. The summed E-state index contributed by atoms with van der Waals surface area (Å²) in [5.74, 6) is 0.836. The highest BCUT2D eigenvalue weighted by molar-refractivity contribution is 5.78. The van der Waals surface area contributed by atoms with Gasteiger partial charge in [-0.3, -0.25) is 4.79 Å². The van der Waals surface area contributed by atoms with E-state index in [-0.39, 0.29) is 18.3 Å². The van der Waals surface area contributed by atoms with Crippen LogP contribution in [0, 0.1) is 5.82 Å². The third kappa shape index (κ3) is 4.35. The molecule has 1 heterocycles. The number of benzene rings is 2. The predicted molar refractivity (Wildman–Crippen MR) is 89.4 cm³/mol. The molecule has 124 valence electrons. The van der Waals surface area contributed by atoms with Crippen LogP contribution in [-0.4, -0.2) is 19.1 Å². The van der Waals surface area contributed by atoms with Gasteiger partial charge in [0, 0.05) is 18.4 Å². The Bertz CT molecular complexity index is 778. The fourth-order valence-electron chi connectivity index (χ4n) is 2.38. The second-order valence-corrected chi connectivity index (χ2v) is 5.45. The van der Waals surface area contributed by atoms with Crippen LogP contribution in [0.25, 0.3) is 11.0 Å². The van der Waals surface area contributed by atoms with Crippen molar-refractivity contribution in [3.8, 4) is 5.75 Å². The van der Waals surface area contributed by atoms with Crippen LogP contribution in [0.15, 0.2) is 59.0 Å². The Morgan fingerprint density at radius 3 is 2.71 bits per heavy atom. The Balaban J connectivity index is 1.36. The van der Waals surface area contributed by atoms with E-state index in [1.807, 2.05) is 30.3 Å². The molecule has 3 rings (SSSR count). The minimum absolute atomic E-state index is 0.0870. The maximum atomic E-state index is 12.8. The molecule has 4 nitrogen and oxygen atoms in total. The van der Waals surface area contributed by atoms with Gasteiger partial charge in [-0.15, -0.1) is 0 Å². The standard InChI is InChI=1S/C19H18FNO3/c20-15-7-9-16(10-8-15)23-13-19(22)21-11-3-5-17-12-14-4-1-2-6-18(14)24-17/h1-2,4,6-10,12H,3,5,11,13H2,(H,21,22). The number of carbonyl (C=O) groups is 1. The molecule has 0 unspecified atom stereocenters. The predicted octanol–water partition coefficient (Wildman–Crippen LogP) is 3.70. The van der Waals surface area contributed by atoms with Crippen molar-refractivity contribution in [1.82, 2.24) is 5.32 Å². The van der Waals surface area contributed by atoms with E-state index < -0.39 is 0 Å². The van der Waals surface area contributed by atoms with E-state index in [2.05, 4.69) is 5.32 Å². The number of halogens is 1. The summed E-state index contributed by atoms with van der Waals surface area (Å²) in [6.07, 6.45) is 1.54. The van der Waals surface area contributed by atoms with Crippen molar-refractivity contribution in [2.24, 2.45) is 0 Å². The van der Waals surface area contributed by atoms with Gasteiger partial charge in [-0.2, -0.15) is 0 Å². The number of ether oxygens (including phenoxy) is 1. The van der Waals surface area contributed by atoms with Gasteiger partial charge < -0.3 is 14.5 Å². The van der Waals surface area contributed by atoms with Crippen LogP contribution < -0.4 is 10.1 Å². The Morgan fingerprint density at radius 2 is 1.92 bits per heavy atom. The minimum atomic E-state index is -0.336. The Hall–Kier alpha value is -2.82. The average Bonchev–Trinajstić information content (AvgIpc) is 3.01. The number of carbonyl (C=O) groups excluding carboxylic acids is 1. The number of para-hydroxylation sites is 1. The van der Waals surface area contributed by atoms with Gasteiger partial charge in [-0.05, 0) is 42.8 Å². The molecule has 5 heteroatoms. The molecule has 0 aliphatic rings. The topological polar surface area (TPSA) is 51.5 Å². The van der Waals surface area contributed by atoms with Gasteiger partial charge in [0.15, 0.2) is 6.61 Å². The molecule has 1 aromatic heterocycles. The molecule has 24 heavy (non-hydrogen) atoms. The van der Waals surface area contributed by atoms with Crippen molar-refractivity contribution >= 4 is 16.9 Å². The first-order valence-corrected chi connectivity index (χ1v) is 7.83. The van der Waals surface area contributed by atoms with Crippen molar-refractivity contribution in [2.75, 3.05) is 13.2 Å². The van der Waals surface area contributed by atoms with Crippen LogP contribution in [0.2, 0.25) is 0 Å². The van der Waals surface area contributed by atoms with Crippen molar-refractivity contribution in [3.63, 3.8) is 0 Å². The van der Waals surface area contributed by atoms with Crippen LogP contribution in [-0.2, 0) is 11.2 Å². The van der Waals surface area contributed by atoms with Gasteiger partial charge in [0.25, 0.3) is 5.91 Å². The zero-order chi connectivity index (χ0) is 16.8. The van der Waals surface area contributed by atoms with Gasteiger partial charge in [-0.25, -0.2) is 4.39 Å². The zero-order valence-electron chi connectivity index (χ0n) is 13.1. The van der Waals surface area contributed by atoms with E-state index >= 15 is 0 Å². The van der Waals surface area contributed by atoms with Crippen LogP contribution in [0.4, 0.5) is 4.39 Å². The Kier molecular flexibility index (Phi) is 5.11. The van der Waals surface area contributed by atoms with E-state index in [1.54, 1.807) is 0 Å². The number of aryl methyl sites for hydroxylation is 1. The summed E-state index contributed by atoms with van der Waals surface area (Å²) in [5, 5.41) is 3.88. The smallest absolute Gasteiger partial charge is 0.257 e. The third-order valence-corrected chi connectivity index (χ3v) is 3.58. The first kappa shape index (κ1) is 16.1. The number of amides is 1. The number of hydrogen-bond acceptors (Lipinski definition) is 3. The number of hydrogen-bond donors (Lipinski definition) is 1. The van der Waals surface area contributed by atoms with Crippen LogP contribution in [0.1, 0.15) is 12.2 Å². The molecule has 1 N–H and O–H groups in total. The summed E-state index contributed by atoms with van der Waals surface area (Å²) in [6.45, 7) is 0.457. The first-order chi connectivity index (χ1) is 11.7. The second-order valence-electron chi connectivity index (χ2n) is 5.45. The first-order valence-electron chi connectivity index (χ1n) is 7.83. The van der Waals surface area contributed by atoms with Crippen LogP contribution in [0.5, 0.6) is 5.75 Å². The summed E-state index contributed by atoms with van der Waals surface area (Å²) >= 11 is 0. The molecular formula is C19H18FNO3. The van der Waals surface area contributed by atoms with Gasteiger partial charge >= 0.3 is 0 Å². The largest absolute Gasteiger partial charge is 0.484 e. The lowest BCUT2D eigenvalue weighted by molar-refractivity contribution is -0.123. The molecule has 0 radical (unpaired) electrons. The number of nitrogens with one attached hydrogen (secondary N) is 1. The monoisotopic (exact) mass is 327 g/mol. The summed E-state index contributed by atoms with van der Waals surface area (Å²) < 4.78 is 23.8. The second kappa shape index (κ2) is 7.64. The van der Waals surface area contributed by atoms with Gasteiger partial charge in [0.1, 0.15) is 22.9 Å². The van der Waals surface area contributed by atoms with Crippen molar-refractivity contribution in [2.45, 2.75) is 12.8 Å². The molecule has 1 amide bonds. The number of fused-ring (bicyclic) bond motifs is 1. The summed E-state index contributed by atoms with van der Waals surface area (Å²) in [4.78, 5) is 11.7. The molecular weight excluding hydrogens is 309 g/mol. The summed E-state index contributed by atoms with van der Waals surface area (Å²) in [5.41, 5.74) is 0.879. The fraction of sp³-hybridized carbons (Fsp3) is 0.211. The molecule has 0 spiro atoms. The van der Waals surface area contributed by atoms with Crippen molar-refractivity contribution < 1.29 is 18.3 Å². The average molecular weight is 327 g/mol. The van der Waals surface area contributed by atoms with Gasteiger partial charge in [-0.1, -0.05) is 18.2 Å². The van der Waals surface area contributed by atoms with E-state index in [9.17, 15) is 9.18 Å². The molecule has 0 bridgehead atoms. The van der Waals surface area contributed by atoms with Crippen LogP contribution in [0.3, 0.4) is 0 Å². The third-order valence-electron chi connectivity index (χ3n) is 3.58. The zero-order valence-corrected chi connectivity index (χ0v) is 13.1. The highest BCUT2D eigenvalue weighted by Crippen LogP contribution is 2.19. The molecule has 0 aliphatic heterocycles. The Labute approximate surface area is 139 Å². The van der Waals surface area contributed by atoms with Crippen LogP contribution >= 0.6 is 0 Å². The van der Waals surface area contributed by atoms with Gasteiger partial charge in [0.2, 0.25) is 0 Å². The number of rotatable bonds is 7. The molecule has 3 aromatic rings. The normalized spacial score (nSPS) is 10.7. The molecule has 0 atom stereocenters. The molecule has 0 fully saturated rings. The fourth-order valence-corrected chi connectivity index (χ4v) is 2.38. The van der Waals surface area contributed by atoms with E-state index in [0.29, 0.717) is 12.3 Å². The quantitative estimate of drug-likeness (QED) is 0.673. The van der Waals surface area contributed by atoms with Crippen molar-refractivity contribution in [3.05, 3.63) is 66.2 Å². The van der Waals surface area contributed by atoms with Gasteiger partial charge in [0.05, 0.1) is 0 Å². The summed E-state index contributed by atoms with van der Waals surface area (Å²) in [6, 6.07) is 15.5. The number of furan rings is 1. The lowest BCUT2D eigenvalue weighted by Crippen LogP contribution is -2.29. The lowest BCUT2D eigenvalue weighted by Gasteiger charge is -2.07. The highest BCUT2D eigenvalue weighted by Gasteiger charge is 2.05. The maximum Gasteiger partial charge on any atom is 0.257 e. The Morgan fingerprint density at radius 1 is 1.12 bits per heavy atom. The van der Waals surface area contributed by atoms with E-state index in [1.165, 1.54) is 24.3 Å². The highest BCUT2D eigenvalue weighted by atomic mass is 19.1. The van der Waals surface area contributed by atoms with Crippen molar-refractivity contribution in [1.29, 1.82) is 0 Å². The SMILES string of the molecule is O=C(COc1ccc(F)cc1)NCCCc1cc2ccccc2o1. The van der Waals surface area contributed by atoms with E-state index in [4.69, 9.17) is 9.15 Å². The maximum absolute atomic E-state index is 12.8. The molecule has 2 aromatic carbocycles. The van der Waals surface area contributed by atoms with E-state index in [0.717, 1.165) is 29.6 Å². The summed E-state index contributed by atoms with van der Waals surface area (Å²) in [7, 11) is 0. The molecule has 0 aliphatic carbocycles.